The molecule has 82 valence electrons. The topological polar surface area (TPSA) is 27.8 Å². The predicted molar refractivity (Wildman–Crippen MR) is 60.9 cm³/mol. The van der Waals surface area contributed by atoms with Gasteiger partial charge in [0.25, 0.3) is 0 Å². The van der Waals surface area contributed by atoms with Gasteiger partial charge in [0.15, 0.2) is 0 Å². The second-order valence-electron chi connectivity index (χ2n) is 4.90. The number of aromatic amines is 1. The Bertz CT molecular complexity index is 573. The fourth-order valence-electron chi connectivity index (χ4n) is 3.21. The standard InChI is InChI=1S/C13H13FN2/c14-7-1-3-11-9(5-7)10-6-8-2-4-12(15-8)13(10)16-11/h1,3,5,8,12,15-16H,2,4,6H2. The lowest BCUT2D eigenvalue weighted by Crippen LogP contribution is -2.31. The Morgan fingerprint density at radius 1 is 1.25 bits per heavy atom. The molecule has 1 aromatic carbocycles. The molecule has 2 nitrogen and oxygen atoms in total. The highest BCUT2D eigenvalue weighted by Crippen LogP contribution is 2.39. The summed E-state index contributed by atoms with van der Waals surface area (Å²) in [7, 11) is 0. The number of H-pyrrole nitrogens is 1. The molecule has 2 atom stereocenters. The van der Waals surface area contributed by atoms with Crippen LogP contribution in [0.25, 0.3) is 10.9 Å². The van der Waals surface area contributed by atoms with Gasteiger partial charge in [-0.3, -0.25) is 0 Å². The first kappa shape index (κ1) is 8.76. The summed E-state index contributed by atoms with van der Waals surface area (Å²) in [5.41, 5.74) is 3.69. The molecular weight excluding hydrogens is 203 g/mol. The first-order valence-electron chi connectivity index (χ1n) is 5.87. The Balaban J connectivity index is 2.02. The lowest BCUT2D eigenvalue weighted by molar-refractivity contribution is 0.510. The van der Waals surface area contributed by atoms with Crippen molar-refractivity contribution in [3.63, 3.8) is 0 Å². The quantitative estimate of drug-likeness (QED) is 0.696. The Labute approximate surface area is 92.9 Å². The molecule has 0 saturated carbocycles. The predicted octanol–water partition coefficient (Wildman–Crippen LogP) is 2.66. The van der Waals surface area contributed by atoms with E-state index in [1.54, 1.807) is 6.07 Å². The Kier molecular flexibility index (Phi) is 1.56. The van der Waals surface area contributed by atoms with Crippen LogP contribution in [0.15, 0.2) is 18.2 Å². The van der Waals surface area contributed by atoms with Crippen LogP contribution in [0.1, 0.15) is 30.1 Å². The molecule has 2 aliphatic heterocycles. The number of hydrogen-bond acceptors (Lipinski definition) is 1. The molecule has 0 spiro atoms. The molecule has 16 heavy (non-hydrogen) atoms. The normalized spacial score (nSPS) is 27.3. The molecule has 3 heteroatoms. The van der Waals surface area contributed by atoms with Crippen LogP contribution in [0.3, 0.4) is 0 Å². The van der Waals surface area contributed by atoms with Crippen molar-refractivity contribution in [3.05, 3.63) is 35.3 Å². The maximum Gasteiger partial charge on any atom is 0.123 e. The summed E-state index contributed by atoms with van der Waals surface area (Å²) >= 11 is 0. The van der Waals surface area contributed by atoms with E-state index in [4.69, 9.17) is 0 Å². The SMILES string of the molecule is Fc1ccc2[nH]c3c(c2c1)CC1CCC3N1. The van der Waals surface area contributed by atoms with Gasteiger partial charge in [-0.15, -0.1) is 0 Å². The molecule has 0 aliphatic carbocycles. The third-order valence-corrected chi connectivity index (χ3v) is 3.94. The van der Waals surface area contributed by atoms with E-state index in [1.165, 1.54) is 30.2 Å². The van der Waals surface area contributed by atoms with Gasteiger partial charge in [0.1, 0.15) is 5.82 Å². The largest absolute Gasteiger partial charge is 0.357 e. The molecule has 2 aromatic rings. The number of rotatable bonds is 0. The van der Waals surface area contributed by atoms with Crippen LogP contribution in [0, 0.1) is 5.82 Å². The lowest BCUT2D eigenvalue weighted by Gasteiger charge is -2.21. The highest BCUT2D eigenvalue weighted by Gasteiger charge is 2.34. The average Bonchev–Trinajstić information content (AvgIpc) is 2.83. The summed E-state index contributed by atoms with van der Waals surface area (Å²) in [4.78, 5) is 3.44. The molecule has 3 heterocycles. The van der Waals surface area contributed by atoms with Crippen molar-refractivity contribution in [3.8, 4) is 0 Å². The van der Waals surface area contributed by atoms with Gasteiger partial charge < -0.3 is 10.3 Å². The molecule has 1 fully saturated rings. The van der Waals surface area contributed by atoms with E-state index in [-0.39, 0.29) is 5.82 Å². The molecule has 2 unspecified atom stereocenters. The van der Waals surface area contributed by atoms with Crippen LogP contribution in [0.2, 0.25) is 0 Å². The van der Waals surface area contributed by atoms with Crippen molar-refractivity contribution in [2.24, 2.45) is 0 Å². The summed E-state index contributed by atoms with van der Waals surface area (Å²) in [6.07, 6.45) is 3.48. The summed E-state index contributed by atoms with van der Waals surface area (Å²) in [6, 6.07) is 6.09. The van der Waals surface area contributed by atoms with Gasteiger partial charge in [-0.1, -0.05) is 0 Å². The number of nitrogens with one attached hydrogen (secondary N) is 2. The third-order valence-electron chi connectivity index (χ3n) is 3.94. The first-order chi connectivity index (χ1) is 7.81. The summed E-state index contributed by atoms with van der Waals surface area (Å²) in [5.74, 6) is -0.139. The van der Waals surface area contributed by atoms with Crippen LogP contribution in [-0.2, 0) is 6.42 Å². The highest BCUT2D eigenvalue weighted by molar-refractivity contribution is 5.85. The number of hydrogen-bond donors (Lipinski definition) is 2. The van der Waals surface area contributed by atoms with E-state index in [2.05, 4.69) is 10.3 Å². The average molecular weight is 216 g/mol. The molecule has 4 rings (SSSR count). The Morgan fingerprint density at radius 2 is 2.19 bits per heavy atom. The van der Waals surface area contributed by atoms with Crippen LogP contribution < -0.4 is 5.32 Å². The van der Waals surface area contributed by atoms with Crippen LogP contribution >= 0.6 is 0 Å². The van der Waals surface area contributed by atoms with Gasteiger partial charge in [0.05, 0.1) is 0 Å². The minimum atomic E-state index is -0.139. The van der Waals surface area contributed by atoms with Crippen molar-refractivity contribution < 1.29 is 4.39 Å². The zero-order valence-electron chi connectivity index (χ0n) is 8.89. The third kappa shape index (κ3) is 1.04. The van der Waals surface area contributed by atoms with Crippen molar-refractivity contribution in [2.45, 2.75) is 31.3 Å². The van der Waals surface area contributed by atoms with E-state index in [0.29, 0.717) is 12.1 Å². The number of halogens is 1. The zero-order valence-corrected chi connectivity index (χ0v) is 8.89. The maximum atomic E-state index is 13.3. The molecule has 0 amide bonds. The Morgan fingerprint density at radius 3 is 3.12 bits per heavy atom. The minimum absolute atomic E-state index is 0.139. The number of fused-ring (bicyclic) bond motifs is 6. The number of benzene rings is 1. The van der Waals surface area contributed by atoms with Crippen LogP contribution in [-0.4, -0.2) is 11.0 Å². The van der Waals surface area contributed by atoms with Crippen LogP contribution in [0.4, 0.5) is 4.39 Å². The summed E-state index contributed by atoms with van der Waals surface area (Å²) < 4.78 is 13.3. The molecular formula is C13H13FN2. The first-order valence-corrected chi connectivity index (χ1v) is 5.87. The fourth-order valence-corrected chi connectivity index (χ4v) is 3.21. The van der Waals surface area contributed by atoms with Crippen molar-refractivity contribution in [2.75, 3.05) is 0 Å². The lowest BCUT2D eigenvalue weighted by atomic mass is 9.99. The minimum Gasteiger partial charge on any atom is -0.357 e. The monoisotopic (exact) mass is 216 g/mol. The maximum absolute atomic E-state index is 13.3. The molecule has 1 aromatic heterocycles. The van der Waals surface area contributed by atoms with E-state index in [9.17, 15) is 4.39 Å². The molecule has 0 radical (unpaired) electrons. The van der Waals surface area contributed by atoms with E-state index in [1.807, 2.05) is 6.07 Å². The molecule has 1 saturated heterocycles. The Hall–Kier alpha value is -1.35. The van der Waals surface area contributed by atoms with E-state index in [0.717, 1.165) is 17.3 Å². The highest BCUT2D eigenvalue weighted by atomic mass is 19.1. The van der Waals surface area contributed by atoms with E-state index >= 15 is 0 Å². The molecule has 2 bridgehead atoms. The summed E-state index contributed by atoms with van der Waals surface area (Å²) in [6.45, 7) is 0. The van der Waals surface area contributed by atoms with Crippen LogP contribution in [0.5, 0.6) is 0 Å². The second-order valence-corrected chi connectivity index (χ2v) is 4.90. The van der Waals surface area contributed by atoms with Gasteiger partial charge >= 0.3 is 0 Å². The second kappa shape index (κ2) is 2.86. The fraction of sp³-hybridized carbons (Fsp3) is 0.385. The smallest absolute Gasteiger partial charge is 0.123 e. The molecule has 2 aliphatic rings. The van der Waals surface area contributed by atoms with E-state index < -0.39 is 0 Å². The summed E-state index contributed by atoms with van der Waals surface area (Å²) in [5, 5.41) is 4.67. The van der Waals surface area contributed by atoms with Gasteiger partial charge in [0, 0.05) is 28.7 Å². The van der Waals surface area contributed by atoms with Gasteiger partial charge in [-0.2, -0.15) is 0 Å². The van der Waals surface area contributed by atoms with Crippen molar-refractivity contribution in [1.82, 2.24) is 10.3 Å². The van der Waals surface area contributed by atoms with Crippen molar-refractivity contribution in [1.29, 1.82) is 0 Å². The van der Waals surface area contributed by atoms with Crippen molar-refractivity contribution >= 4 is 10.9 Å². The van der Waals surface area contributed by atoms with Gasteiger partial charge in [-0.25, -0.2) is 4.39 Å². The number of aromatic nitrogens is 1. The van der Waals surface area contributed by atoms with Gasteiger partial charge in [0.2, 0.25) is 0 Å². The zero-order chi connectivity index (χ0) is 10.7. The molecule has 2 N–H and O–H groups in total. The van der Waals surface area contributed by atoms with Gasteiger partial charge in [-0.05, 0) is 43.0 Å².